The van der Waals surface area contributed by atoms with Crippen molar-refractivity contribution in [2.24, 2.45) is 0 Å². The van der Waals surface area contributed by atoms with Crippen molar-refractivity contribution in [3.63, 3.8) is 0 Å². The van der Waals surface area contributed by atoms with Crippen LogP contribution in [0.1, 0.15) is 5.69 Å². The Morgan fingerprint density at radius 3 is 2.87 bits per heavy atom. The maximum absolute atomic E-state index is 5.04. The van der Waals surface area contributed by atoms with Crippen LogP contribution in [0.2, 0.25) is 0 Å². The molecule has 2 heterocycles. The van der Waals surface area contributed by atoms with Gasteiger partial charge in [-0.15, -0.1) is 0 Å². The number of rotatable bonds is 3. The minimum atomic E-state index is 0.649. The number of pyridine rings is 1. The van der Waals surface area contributed by atoms with E-state index < -0.39 is 0 Å². The number of aromatic nitrogens is 3. The van der Waals surface area contributed by atoms with Crippen molar-refractivity contribution in [2.45, 2.75) is 6.54 Å². The Morgan fingerprint density at radius 1 is 1.40 bits per heavy atom. The number of methoxy groups -OCH3 is 1. The summed E-state index contributed by atoms with van der Waals surface area (Å²) in [5, 5.41) is 4.14. The van der Waals surface area contributed by atoms with Crippen molar-refractivity contribution >= 4 is 15.9 Å². The van der Waals surface area contributed by atoms with Gasteiger partial charge >= 0.3 is 0 Å². The summed E-state index contributed by atoms with van der Waals surface area (Å²) >= 11 is 3.34. The fraction of sp³-hybridized carbons (Fsp3) is 0.200. The summed E-state index contributed by atoms with van der Waals surface area (Å²) in [6.45, 7) is 0.649. The molecule has 0 radical (unpaired) electrons. The average Bonchev–Trinajstić information content (AvgIpc) is 2.69. The fourth-order valence-corrected chi connectivity index (χ4v) is 1.44. The number of ether oxygens (including phenoxy) is 1. The molecule has 0 unspecified atom stereocenters. The van der Waals surface area contributed by atoms with Crippen molar-refractivity contribution in [2.75, 3.05) is 7.11 Å². The standard InChI is InChI=1S/C10H10BrN3O/c1-15-10-5-13-14(7-10)6-9-3-2-8(11)4-12-9/h2-5,7H,6H2,1H3. The molecule has 0 aromatic carbocycles. The zero-order valence-corrected chi connectivity index (χ0v) is 9.81. The summed E-state index contributed by atoms with van der Waals surface area (Å²) in [6, 6.07) is 3.92. The van der Waals surface area contributed by atoms with E-state index in [1.165, 1.54) is 0 Å². The van der Waals surface area contributed by atoms with Crippen molar-refractivity contribution in [1.29, 1.82) is 0 Å². The highest BCUT2D eigenvalue weighted by Gasteiger charge is 1.99. The van der Waals surface area contributed by atoms with Gasteiger partial charge in [0.1, 0.15) is 0 Å². The van der Waals surface area contributed by atoms with Gasteiger partial charge < -0.3 is 4.74 Å². The van der Waals surface area contributed by atoms with E-state index in [9.17, 15) is 0 Å². The Hall–Kier alpha value is -1.36. The highest BCUT2D eigenvalue weighted by Crippen LogP contribution is 2.10. The van der Waals surface area contributed by atoms with Crippen LogP contribution in [0.5, 0.6) is 5.75 Å². The number of hydrogen-bond acceptors (Lipinski definition) is 3. The summed E-state index contributed by atoms with van der Waals surface area (Å²) in [7, 11) is 1.62. The van der Waals surface area contributed by atoms with Gasteiger partial charge in [-0.3, -0.25) is 9.67 Å². The van der Waals surface area contributed by atoms with Gasteiger partial charge in [0.2, 0.25) is 0 Å². The Morgan fingerprint density at radius 2 is 2.27 bits per heavy atom. The number of halogens is 1. The largest absolute Gasteiger partial charge is 0.493 e. The third-order valence-electron chi connectivity index (χ3n) is 1.96. The molecule has 0 aliphatic carbocycles. The third-order valence-corrected chi connectivity index (χ3v) is 2.43. The number of hydrogen-bond donors (Lipinski definition) is 0. The van der Waals surface area contributed by atoms with Gasteiger partial charge in [0, 0.05) is 10.7 Å². The zero-order valence-electron chi connectivity index (χ0n) is 8.22. The van der Waals surface area contributed by atoms with Gasteiger partial charge in [0.05, 0.1) is 31.7 Å². The summed E-state index contributed by atoms with van der Waals surface area (Å²) in [5.74, 6) is 0.757. The van der Waals surface area contributed by atoms with Gasteiger partial charge in [0.15, 0.2) is 5.75 Å². The first-order valence-corrected chi connectivity index (χ1v) is 5.24. The lowest BCUT2D eigenvalue weighted by Gasteiger charge is -2.00. The quantitative estimate of drug-likeness (QED) is 0.855. The van der Waals surface area contributed by atoms with E-state index in [0.29, 0.717) is 6.54 Å². The van der Waals surface area contributed by atoms with Crippen LogP contribution >= 0.6 is 15.9 Å². The van der Waals surface area contributed by atoms with Crippen LogP contribution in [0.15, 0.2) is 35.2 Å². The lowest BCUT2D eigenvalue weighted by Crippen LogP contribution is -2.01. The average molecular weight is 268 g/mol. The second kappa shape index (κ2) is 4.44. The molecule has 0 aliphatic rings. The summed E-state index contributed by atoms with van der Waals surface area (Å²) in [5.41, 5.74) is 0.962. The van der Waals surface area contributed by atoms with Crippen LogP contribution in [0, 0.1) is 0 Å². The Bertz CT molecular complexity index is 438. The van der Waals surface area contributed by atoms with Gasteiger partial charge in [-0.1, -0.05) is 0 Å². The molecule has 5 heteroatoms. The van der Waals surface area contributed by atoms with Gasteiger partial charge in [0.25, 0.3) is 0 Å². The molecule has 2 rings (SSSR count). The maximum Gasteiger partial charge on any atom is 0.156 e. The van der Waals surface area contributed by atoms with Crippen LogP contribution in [-0.4, -0.2) is 21.9 Å². The van der Waals surface area contributed by atoms with E-state index in [2.05, 4.69) is 26.0 Å². The smallest absolute Gasteiger partial charge is 0.156 e. The SMILES string of the molecule is COc1cnn(Cc2ccc(Br)cn2)c1. The monoisotopic (exact) mass is 267 g/mol. The van der Waals surface area contributed by atoms with Gasteiger partial charge in [-0.2, -0.15) is 5.10 Å². The van der Waals surface area contributed by atoms with Crippen molar-refractivity contribution < 1.29 is 4.74 Å². The van der Waals surface area contributed by atoms with E-state index in [1.807, 2.05) is 18.3 Å². The summed E-state index contributed by atoms with van der Waals surface area (Å²) in [4.78, 5) is 4.26. The van der Waals surface area contributed by atoms with Crippen LogP contribution in [-0.2, 0) is 6.54 Å². The fourth-order valence-electron chi connectivity index (χ4n) is 1.20. The topological polar surface area (TPSA) is 39.9 Å². The minimum absolute atomic E-state index is 0.649. The molecule has 0 aliphatic heterocycles. The Balaban J connectivity index is 2.11. The van der Waals surface area contributed by atoms with E-state index in [4.69, 9.17) is 4.74 Å². The lowest BCUT2D eigenvalue weighted by atomic mass is 10.3. The Kier molecular flexibility index (Phi) is 3.01. The highest BCUT2D eigenvalue weighted by atomic mass is 79.9. The number of nitrogens with zero attached hydrogens (tertiary/aromatic N) is 3. The Labute approximate surface area is 96.0 Å². The molecule has 0 saturated carbocycles. The van der Waals surface area contributed by atoms with Crippen molar-refractivity contribution in [3.05, 3.63) is 40.9 Å². The highest BCUT2D eigenvalue weighted by molar-refractivity contribution is 9.10. The van der Waals surface area contributed by atoms with Crippen LogP contribution in [0.25, 0.3) is 0 Å². The maximum atomic E-state index is 5.04. The molecule has 0 amide bonds. The van der Waals surface area contributed by atoms with Crippen molar-refractivity contribution in [3.8, 4) is 5.75 Å². The second-order valence-corrected chi connectivity index (χ2v) is 3.96. The van der Waals surface area contributed by atoms with Gasteiger partial charge in [-0.05, 0) is 28.1 Å². The molecule has 0 fully saturated rings. The van der Waals surface area contributed by atoms with Crippen molar-refractivity contribution in [1.82, 2.24) is 14.8 Å². The minimum Gasteiger partial charge on any atom is -0.493 e. The van der Waals surface area contributed by atoms with Crippen LogP contribution in [0.3, 0.4) is 0 Å². The first-order valence-electron chi connectivity index (χ1n) is 4.45. The molecule has 0 bridgehead atoms. The molecule has 2 aromatic rings. The second-order valence-electron chi connectivity index (χ2n) is 3.05. The molecular weight excluding hydrogens is 258 g/mol. The zero-order chi connectivity index (χ0) is 10.7. The predicted molar refractivity (Wildman–Crippen MR) is 59.8 cm³/mol. The molecular formula is C10H10BrN3O. The summed E-state index contributed by atoms with van der Waals surface area (Å²) < 4.78 is 7.80. The normalized spacial score (nSPS) is 10.3. The van der Waals surface area contributed by atoms with Gasteiger partial charge in [-0.25, -0.2) is 0 Å². The van der Waals surface area contributed by atoms with Crippen LogP contribution < -0.4 is 4.74 Å². The first-order chi connectivity index (χ1) is 7.28. The molecule has 4 nitrogen and oxygen atoms in total. The predicted octanol–water partition coefficient (Wildman–Crippen LogP) is 2.10. The molecule has 0 spiro atoms. The van der Waals surface area contributed by atoms with E-state index >= 15 is 0 Å². The van der Waals surface area contributed by atoms with E-state index in [1.54, 1.807) is 24.2 Å². The van der Waals surface area contributed by atoms with Crippen LogP contribution in [0.4, 0.5) is 0 Å². The van der Waals surface area contributed by atoms with E-state index in [-0.39, 0.29) is 0 Å². The molecule has 0 saturated heterocycles. The third kappa shape index (κ3) is 2.56. The molecule has 15 heavy (non-hydrogen) atoms. The molecule has 0 atom stereocenters. The molecule has 2 aromatic heterocycles. The summed E-state index contributed by atoms with van der Waals surface area (Å²) in [6.07, 6.45) is 5.29. The first kappa shape index (κ1) is 10.2. The van der Waals surface area contributed by atoms with E-state index in [0.717, 1.165) is 15.9 Å². The lowest BCUT2D eigenvalue weighted by molar-refractivity contribution is 0.414. The molecule has 78 valence electrons. The molecule has 0 N–H and O–H groups in total.